The van der Waals surface area contributed by atoms with Gasteiger partial charge in [0.05, 0.1) is 18.1 Å². The van der Waals surface area contributed by atoms with Gasteiger partial charge in [-0.25, -0.2) is 0 Å². The number of carbonyl (C=O) groups is 1. The largest absolute Gasteiger partial charge is 0.387 e. The van der Waals surface area contributed by atoms with E-state index in [1.165, 1.54) is 5.56 Å². The molecule has 1 unspecified atom stereocenters. The van der Waals surface area contributed by atoms with Gasteiger partial charge in [-0.15, -0.1) is 0 Å². The molecule has 6 heteroatoms. The maximum absolute atomic E-state index is 11.9. The number of carbonyl (C=O) groups excluding carboxylic acids is 1. The lowest BCUT2D eigenvalue weighted by atomic mass is 9.86. The van der Waals surface area contributed by atoms with Gasteiger partial charge < -0.3 is 21.1 Å². The van der Waals surface area contributed by atoms with Crippen molar-refractivity contribution in [3.63, 3.8) is 0 Å². The summed E-state index contributed by atoms with van der Waals surface area (Å²) in [6.07, 6.45) is -0.644. The molecule has 0 saturated heterocycles. The van der Waals surface area contributed by atoms with Gasteiger partial charge in [-0.3, -0.25) is 9.79 Å². The second kappa shape index (κ2) is 9.74. The van der Waals surface area contributed by atoms with Crippen molar-refractivity contribution in [1.82, 2.24) is 16.0 Å². The van der Waals surface area contributed by atoms with Gasteiger partial charge in [0.1, 0.15) is 0 Å². The van der Waals surface area contributed by atoms with Crippen LogP contribution in [-0.4, -0.2) is 43.7 Å². The Hall–Kier alpha value is -2.08. The van der Waals surface area contributed by atoms with E-state index in [1.54, 1.807) is 7.05 Å². The molecule has 1 aromatic rings. The highest BCUT2D eigenvalue weighted by Gasteiger charge is 2.26. The molecule has 0 aliphatic carbocycles. The van der Waals surface area contributed by atoms with Crippen molar-refractivity contribution in [2.45, 2.75) is 53.1 Å². The van der Waals surface area contributed by atoms with Crippen molar-refractivity contribution in [3.8, 4) is 0 Å². The van der Waals surface area contributed by atoms with E-state index in [9.17, 15) is 9.90 Å². The molecular weight excluding hydrogens is 340 g/mol. The number of benzene rings is 1. The van der Waals surface area contributed by atoms with Crippen molar-refractivity contribution < 1.29 is 9.90 Å². The average Bonchev–Trinajstić information content (AvgIpc) is 2.62. The molecule has 1 aromatic carbocycles. The molecule has 6 nitrogen and oxygen atoms in total. The first-order chi connectivity index (χ1) is 12.5. The van der Waals surface area contributed by atoms with E-state index in [4.69, 9.17) is 0 Å². The van der Waals surface area contributed by atoms with E-state index in [0.29, 0.717) is 25.6 Å². The molecule has 0 bridgehead atoms. The highest BCUT2D eigenvalue weighted by Crippen LogP contribution is 2.23. The predicted molar refractivity (Wildman–Crippen MR) is 112 cm³/mol. The number of hydrogen-bond acceptors (Lipinski definition) is 3. The minimum atomic E-state index is -0.644. The van der Waals surface area contributed by atoms with Gasteiger partial charge >= 0.3 is 0 Å². The van der Waals surface area contributed by atoms with E-state index in [-0.39, 0.29) is 11.3 Å². The van der Waals surface area contributed by atoms with E-state index in [1.807, 2.05) is 32.9 Å². The third kappa shape index (κ3) is 7.21. The fraction of sp³-hybridized carbons (Fsp3) is 0.619. The molecule has 1 amide bonds. The fourth-order valence-electron chi connectivity index (χ4n) is 2.55. The predicted octanol–water partition coefficient (Wildman–Crippen LogP) is 2.34. The molecule has 0 spiro atoms. The highest BCUT2D eigenvalue weighted by atomic mass is 16.3. The Labute approximate surface area is 163 Å². The van der Waals surface area contributed by atoms with Crippen LogP contribution in [0.25, 0.3) is 0 Å². The molecule has 0 aliphatic rings. The Morgan fingerprint density at radius 2 is 1.70 bits per heavy atom. The SMILES string of the molecule is CCNC(=NCC(C)(C)C(=O)NC)NCC(O)c1ccc(C(C)(C)C)cc1. The lowest BCUT2D eigenvalue weighted by Gasteiger charge is -2.22. The minimum absolute atomic E-state index is 0.0546. The van der Waals surface area contributed by atoms with Crippen molar-refractivity contribution >= 4 is 11.9 Å². The Bertz CT molecular complexity index is 631. The summed E-state index contributed by atoms with van der Waals surface area (Å²) >= 11 is 0. The second-order valence-corrected chi connectivity index (χ2v) is 8.43. The van der Waals surface area contributed by atoms with Gasteiger partial charge in [-0.1, -0.05) is 45.0 Å². The summed E-state index contributed by atoms with van der Waals surface area (Å²) in [5.74, 6) is 0.529. The van der Waals surface area contributed by atoms with Crippen molar-refractivity contribution in [3.05, 3.63) is 35.4 Å². The number of hydrogen-bond donors (Lipinski definition) is 4. The average molecular weight is 377 g/mol. The van der Waals surface area contributed by atoms with Gasteiger partial charge in [0.25, 0.3) is 0 Å². The van der Waals surface area contributed by atoms with Gasteiger partial charge in [0.2, 0.25) is 5.91 Å². The monoisotopic (exact) mass is 376 g/mol. The first kappa shape index (κ1) is 23.0. The minimum Gasteiger partial charge on any atom is -0.387 e. The van der Waals surface area contributed by atoms with Crippen LogP contribution in [0, 0.1) is 5.41 Å². The molecule has 4 N–H and O–H groups in total. The van der Waals surface area contributed by atoms with Crippen molar-refractivity contribution in [1.29, 1.82) is 0 Å². The molecular formula is C21H36N4O2. The Morgan fingerprint density at radius 3 is 2.19 bits per heavy atom. The molecule has 0 aliphatic heterocycles. The van der Waals surface area contributed by atoms with E-state index in [2.05, 4.69) is 53.8 Å². The summed E-state index contributed by atoms with van der Waals surface area (Å²) in [5.41, 5.74) is 1.58. The van der Waals surface area contributed by atoms with Crippen LogP contribution in [0.1, 0.15) is 58.8 Å². The fourth-order valence-corrected chi connectivity index (χ4v) is 2.55. The summed E-state index contributed by atoms with van der Waals surface area (Å²) in [4.78, 5) is 16.4. The van der Waals surface area contributed by atoms with E-state index in [0.717, 1.165) is 5.56 Å². The van der Waals surface area contributed by atoms with Crippen LogP contribution in [-0.2, 0) is 10.2 Å². The van der Waals surface area contributed by atoms with Gasteiger partial charge in [0.15, 0.2) is 5.96 Å². The third-order valence-electron chi connectivity index (χ3n) is 4.44. The normalized spacial score (nSPS) is 13.9. The molecule has 0 fully saturated rings. The van der Waals surface area contributed by atoms with Crippen LogP contribution in [0.3, 0.4) is 0 Å². The summed E-state index contributed by atoms with van der Waals surface area (Å²) in [6, 6.07) is 8.05. The number of aliphatic hydroxyl groups is 1. The number of aliphatic imine (C=N–C) groups is 1. The molecule has 0 saturated carbocycles. The van der Waals surface area contributed by atoms with Crippen molar-refractivity contribution in [2.24, 2.45) is 10.4 Å². The quantitative estimate of drug-likeness (QED) is 0.435. The number of nitrogens with zero attached hydrogens (tertiary/aromatic N) is 1. The maximum atomic E-state index is 11.9. The van der Waals surface area contributed by atoms with Crippen LogP contribution in [0.4, 0.5) is 0 Å². The Morgan fingerprint density at radius 1 is 1.11 bits per heavy atom. The summed E-state index contributed by atoms with van der Waals surface area (Å²) in [5, 5.41) is 19.4. The number of nitrogens with one attached hydrogen (secondary N) is 3. The molecule has 152 valence electrons. The molecule has 0 aromatic heterocycles. The first-order valence-corrected chi connectivity index (χ1v) is 9.54. The first-order valence-electron chi connectivity index (χ1n) is 9.54. The summed E-state index contributed by atoms with van der Waals surface area (Å²) in [7, 11) is 1.62. The number of guanidine groups is 1. The lowest BCUT2D eigenvalue weighted by molar-refractivity contribution is -0.128. The standard InChI is InChI=1S/C21H36N4O2/c1-8-23-19(25-14-21(5,6)18(27)22-7)24-13-17(26)15-9-11-16(12-10-15)20(2,3)4/h9-12,17,26H,8,13-14H2,1-7H3,(H,22,27)(H2,23,24,25). The third-order valence-corrected chi connectivity index (χ3v) is 4.44. The smallest absolute Gasteiger partial charge is 0.227 e. The Kier molecular flexibility index (Phi) is 8.28. The number of rotatable bonds is 7. The van der Waals surface area contributed by atoms with Crippen LogP contribution in [0.2, 0.25) is 0 Å². The van der Waals surface area contributed by atoms with Crippen LogP contribution < -0.4 is 16.0 Å². The van der Waals surface area contributed by atoms with Gasteiger partial charge in [-0.05, 0) is 37.3 Å². The lowest BCUT2D eigenvalue weighted by Crippen LogP contribution is -2.42. The molecule has 1 rings (SSSR count). The zero-order valence-electron chi connectivity index (χ0n) is 17.8. The Balaban J connectivity index is 2.73. The van der Waals surface area contributed by atoms with Crippen LogP contribution in [0.5, 0.6) is 0 Å². The second-order valence-electron chi connectivity index (χ2n) is 8.43. The van der Waals surface area contributed by atoms with Crippen molar-refractivity contribution in [2.75, 3.05) is 26.7 Å². The topological polar surface area (TPSA) is 85.8 Å². The van der Waals surface area contributed by atoms with Gasteiger partial charge in [-0.2, -0.15) is 0 Å². The molecule has 0 radical (unpaired) electrons. The summed E-state index contributed by atoms with van der Waals surface area (Å²) in [6.45, 7) is 13.6. The number of aliphatic hydroxyl groups excluding tert-OH is 1. The summed E-state index contributed by atoms with van der Waals surface area (Å²) < 4.78 is 0. The zero-order valence-corrected chi connectivity index (χ0v) is 17.8. The molecule has 27 heavy (non-hydrogen) atoms. The van der Waals surface area contributed by atoms with Crippen LogP contribution >= 0.6 is 0 Å². The molecule has 1 atom stereocenters. The number of amides is 1. The highest BCUT2D eigenvalue weighted by molar-refractivity contribution is 5.83. The maximum Gasteiger partial charge on any atom is 0.227 e. The van der Waals surface area contributed by atoms with Gasteiger partial charge in [0, 0.05) is 20.1 Å². The zero-order chi connectivity index (χ0) is 20.7. The molecule has 0 heterocycles. The van der Waals surface area contributed by atoms with E-state index < -0.39 is 11.5 Å². The van der Waals surface area contributed by atoms with Crippen LogP contribution in [0.15, 0.2) is 29.3 Å². The van der Waals surface area contributed by atoms with E-state index >= 15 is 0 Å².